The van der Waals surface area contributed by atoms with Crippen LogP contribution in [-0.2, 0) is 0 Å². The van der Waals surface area contributed by atoms with E-state index >= 15 is 0 Å². The molecule has 1 amide bonds. The van der Waals surface area contributed by atoms with E-state index in [-0.39, 0.29) is 11.9 Å². The van der Waals surface area contributed by atoms with Gasteiger partial charge >= 0.3 is 0 Å². The van der Waals surface area contributed by atoms with E-state index in [1.807, 2.05) is 18.2 Å². The molecule has 2 aliphatic carbocycles. The SMILES string of the molecule is C[C@@H]1C[C@H](N)C[C@H](c2ccncc2NC(=O)c2nc(C3CCCCC3)ccc2N)C1. The van der Waals surface area contributed by atoms with Gasteiger partial charge in [-0.1, -0.05) is 26.2 Å². The van der Waals surface area contributed by atoms with Crippen molar-refractivity contribution in [2.45, 2.75) is 76.2 Å². The molecule has 0 radical (unpaired) electrons. The van der Waals surface area contributed by atoms with Crippen LogP contribution in [0.1, 0.15) is 91.9 Å². The molecule has 0 aromatic carbocycles. The Labute approximate surface area is 178 Å². The molecule has 6 heteroatoms. The molecule has 5 N–H and O–H groups in total. The predicted molar refractivity (Wildman–Crippen MR) is 120 cm³/mol. The van der Waals surface area contributed by atoms with Gasteiger partial charge in [-0.15, -0.1) is 0 Å². The van der Waals surface area contributed by atoms with Crippen LogP contribution in [0.25, 0.3) is 0 Å². The van der Waals surface area contributed by atoms with Gasteiger partial charge in [0.05, 0.1) is 17.6 Å². The number of anilines is 2. The molecule has 160 valence electrons. The molecule has 30 heavy (non-hydrogen) atoms. The predicted octanol–water partition coefficient (Wildman–Crippen LogP) is 4.59. The van der Waals surface area contributed by atoms with Crippen LogP contribution in [-0.4, -0.2) is 21.9 Å². The van der Waals surface area contributed by atoms with Gasteiger partial charge in [-0.3, -0.25) is 9.78 Å². The Morgan fingerprint density at radius 2 is 1.87 bits per heavy atom. The number of nitrogen functional groups attached to an aromatic ring is 1. The molecule has 0 spiro atoms. The number of nitrogens with two attached hydrogens (primary N) is 2. The summed E-state index contributed by atoms with van der Waals surface area (Å²) in [5, 5.41) is 3.04. The first-order valence-electron chi connectivity index (χ1n) is 11.3. The minimum absolute atomic E-state index is 0.194. The van der Waals surface area contributed by atoms with Crippen molar-refractivity contribution in [1.29, 1.82) is 0 Å². The molecule has 2 aliphatic rings. The Balaban J connectivity index is 1.56. The Kier molecular flexibility index (Phi) is 6.32. The van der Waals surface area contributed by atoms with Gasteiger partial charge in [0.25, 0.3) is 5.91 Å². The highest BCUT2D eigenvalue weighted by molar-refractivity contribution is 6.06. The molecule has 2 aromatic rings. The number of carbonyl (C=O) groups is 1. The van der Waals surface area contributed by atoms with Gasteiger partial charge in [0.15, 0.2) is 5.69 Å². The second-order valence-corrected chi connectivity index (χ2v) is 9.20. The summed E-state index contributed by atoms with van der Waals surface area (Å²) in [4.78, 5) is 22.0. The zero-order valence-electron chi connectivity index (χ0n) is 17.8. The summed E-state index contributed by atoms with van der Waals surface area (Å²) in [7, 11) is 0. The number of rotatable bonds is 4. The first-order valence-corrected chi connectivity index (χ1v) is 11.3. The van der Waals surface area contributed by atoms with Crippen LogP contribution in [0, 0.1) is 5.92 Å². The Hall–Kier alpha value is -2.47. The van der Waals surface area contributed by atoms with Crippen molar-refractivity contribution in [3.63, 3.8) is 0 Å². The second-order valence-electron chi connectivity index (χ2n) is 9.20. The molecule has 2 fully saturated rings. The van der Waals surface area contributed by atoms with Crippen molar-refractivity contribution in [1.82, 2.24) is 9.97 Å². The van der Waals surface area contributed by atoms with Crippen molar-refractivity contribution in [2.75, 3.05) is 11.1 Å². The van der Waals surface area contributed by atoms with Crippen molar-refractivity contribution < 1.29 is 4.79 Å². The van der Waals surface area contributed by atoms with Gasteiger partial charge in [-0.25, -0.2) is 4.98 Å². The molecule has 2 saturated carbocycles. The third-order valence-corrected chi connectivity index (χ3v) is 6.71. The number of hydrogen-bond donors (Lipinski definition) is 3. The largest absolute Gasteiger partial charge is 0.397 e. The molecular formula is C24H33N5O. The first-order chi connectivity index (χ1) is 14.5. The summed E-state index contributed by atoms with van der Waals surface area (Å²) in [6.45, 7) is 2.24. The summed E-state index contributed by atoms with van der Waals surface area (Å²) in [6.07, 6.45) is 12.5. The number of nitrogens with zero attached hydrogens (tertiary/aromatic N) is 2. The van der Waals surface area contributed by atoms with E-state index in [0.717, 1.165) is 49.0 Å². The lowest BCUT2D eigenvalue weighted by Gasteiger charge is -2.32. The number of amides is 1. The first kappa shape index (κ1) is 20.8. The van der Waals surface area contributed by atoms with Gasteiger partial charge < -0.3 is 16.8 Å². The third kappa shape index (κ3) is 4.64. The summed E-state index contributed by atoms with van der Waals surface area (Å²) < 4.78 is 0. The molecule has 4 rings (SSSR count). The number of carbonyl (C=O) groups excluding carboxylic acids is 1. The van der Waals surface area contributed by atoms with E-state index in [4.69, 9.17) is 11.5 Å². The van der Waals surface area contributed by atoms with Crippen LogP contribution in [0.2, 0.25) is 0 Å². The van der Waals surface area contributed by atoms with Crippen LogP contribution >= 0.6 is 0 Å². The molecule has 6 nitrogen and oxygen atoms in total. The second kappa shape index (κ2) is 9.13. The smallest absolute Gasteiger partial charge is 0.276 e. The van der Waals surface area contributed by atoms with Crippen LogP contribution in [0.15, 0.2) is 30.6 Å². The Morgan fingerprint density at radius 1 is 1.07 bits per heavy atom. The summed E-state index contributed by atoms with van der Waals surface area (Å²) in [5.74, 6) is 1.04. The van der Waals surface area contributed by atoms with Crippen molar-refractivity contribution in [2.24, 2.45) is 11.7 Å². The molecule has 2 aromatic heterocycles. The standard InChI is InChI=1S/C24H33N5O/c1-15-11-17(13-18(25)12-15)19-9-10-27-14-22(19)29-24(30)23-20(26)7-8-21(28-23)16-5-3-2-4-6-16/h7-10,14-18H,2-6,11-13,25-26H2,1H3,(H,29,30)/t15-,17+,18-/m0/s1. The molecule has 0 bridgehead atoms. The van der Waals surface area contributed by atoms with Crippen molar-refractivity contribution in [3.8, 4) is 0 Å². The number of pyridine rings is 2. The fourth-order valence-corrected chi connectivity index (χ4v) is 5.25. The minimum Gasteiger partial charge on any atom is -0.397 e. The topological polar surface area (TPSA) is 107 Å². The summed E-state index contributed by atoms with van der Waals surface area (Å²) in [6, 6.07) is 5.99. The number of aromatic nitrogens is 2. The highest BCUT2D eigenvalue weighted by Gasteiger charge is 2.28. The average molecular weight is 408 g/mol. The fraction of sp³-hybridized carbons (Fsp3) is 0.542. The van der Waals surface area contributed by atoms with Gasteiger partial charge in [0.2, 0.25) is 0 Å². The zero-order chi connectivity index (χ0) is 21.1. The highest BCUT2D eigenvalue weighted by atomic mass is 16.1. The van der Waals surface area contributed by atoms with Crippen molar-refractivity contribution in [3.05, 3.63) is 47.5 Å². The zero-order valence-corrected chi connectivity index (χ0v) is 17.8. The molecule has 0 aliphatic heterocycles. The van der Waals surface area contributed by atoms with Crippen LogP contribution in [0.4, 0.5) is 11.4 Å². The van der Waals surface area contributed by atoms with Crippen LogP contribution in [0.5, 0.6) is 0 Å². The maximum Gasteiger partial charge on any atom is 0.276 e. The van der Waals surface area contributed by atoms with E-state index in [0.29, 0.717) is 29.1 Å². The molecular weight excluding hydrogens is 374 g/mol. The van der Waals surface area contributed by atoms with Gasteiger partial charge in [-0.05, 0) is 67.7 Å². The molecule has 2 heterocycles. The van der Waals surface area contributed by atoms with E-state index < -0.39 is 0 Å². The normalized spacial score (nSPS) is 25.1. The fourth-order valence-electron chi connectivity index (χ4n) is 5.25. The Bertz CT molecular complexity index is 883. The monoisotopic (exact) mass is 407 g/mol. The molecule has 0 unspecified atom stereocenters. The van der Waals surface area contributed by atoms with E-state index in [2.05, 4.69) is 22.2 Å². The summed E-state index contributed by atoms with van der Waals surface area (Å²) >= 11 is 0. The minimum atomic E-state index is -0.271. The van der Waals surface area contributed by atoms with E-state index in [1.54, 1.807) is 12.4 Å². The quantitative estimate of drug-likeness (QED) is 0.687. The summed E-state index contributed by atoms with van der Waals surface area (Å²) in [5.41, 5.74) is 15.9. The number of hydrogen-bond acceptors (Lipinski definition) is 5. The molecule has 0 saturated heterocycles. The third-order valence-electron chi connectivity index (χ3n) is 6.71. The highest BCUT2D eigenvalue weighted by Crippen LogP contribution is 2.38. The van der Waals surface area contributed by atoms with Crippen molar-refractivity contribution >= 4 is 17.3 Å². The Morgan fingerprint density at radius 3 is 2.63 bits per heavy atom. The lowest BCUT2D eigenvalue weighted by Crippen LogP contribution is -2.31. The van der Waals surface area contributed by atoms with Gasteiger partial charge in [0, 0.05) is 23.9 Å². The van der Waals surface area contributed by atoms with E-state index in [1.165, 1.54) is 19.3 Å². The van der Waals surface area contributed by atoms with Gasteiger partial charge in [-0.2, -0.15) is 0 Å². The van der Waals surface area contributed by atoms with Crippen LogP contribution < -0.4 is 16.8 Å². The van der Waals surface area contributed by atoms with Gasteiger partial charge in [0.1, 0.15) is 0 Å². The van der Waals surface area contributed by atoms with E-state index in [9.17, 15) is 4.79 Å². The number of nitrogens with one attached hydrogen (secondary N) is 1. The lowest BCUT2D eigenvalue weighted by molar-refractivity contribution is 0.102. The average Bonchev–Trinajstić information content (AvgIpc) is 2.74. The van der Waals surface area contributed by atoms with Crippen LogP contribution in [0.3, 0.4) is 0 Å². The maximum atomic E-state index is 13.1. The molecule has 3 atom stereocenters. The maximum absolute atomic E-state index is 13.1. The lowest BCUT2D eigenvalue weighted by atomic mass is 9.76.